The number of rotatable bonds is 7. The predicted octanol–water partition coefficient (Wildman–Crippen LogP) is 3.28. The maximum absolute atomic E-state index is 10.8. The smallest absolute Gasteiger partial charge is 0.305 e. The molecule has 13 heavy (non-hydrogen) atoms. The number of carbonyl (C=O) groups excluding carboxylic acids is 1. The zero-order valence-corrected chi connectivity index (χ0v) is 10.1. The van der Waals surface area contributed by atoms with Crippen LogP contribution in [0.4, 0.5) is 0 Å². The fraction of sp³-hybridized carbons (Fsp3) is 0.900. The van der Waals surface area contributed by atoms with Crippen molar-refractivity contribution in [3.05, 3.63) is 0 Å². The van der Waals surface area contributed by atoms with E-state index < -0.39 is 0 Å². The van der Waals surface area contributed by atoms with Crippen molar-refractivity contribution in [2.24, 2.45) is 0 Å². The quantitative estimate of drug-likeness (QED) is 0.394. The molecule has 0 fully saturated rings. The van der Waals surface area contributed by atoms with E-state index in [0.717, 1.165) is 12.8 Å². The minimum Gasteiger partial charge on any atom is -0.469 e. The lowest BCUT2D eigenvalue weighted by Crippen LogP contribution is -2.05. The van der Waals surface area contributed by atoms with E-state index >= 15 is 0 Å². The highest BCUT2D eigenvalue weighted by molar-refractivity contribution is 9.09. The monoisotopic (exact) mass is 250 g/mol. The molecule has 0 rings (SSSR count). The number of hydrogen-bond donors (Lipinski definition) is 0. The summed E-state index contributed by atoms with van der Waals surface area (Å²) in [6.07, 6.45) is 6.34. The van der Waals surface area contributed by atoms with E-state index in [1.165, 1.54) is 26.4 Å². The van der Waals surface area contributed by atoms with Crippen LogP contribution in [0.2, 0.25) is 0 Å². The number of esters is 1. The molecule has 0 aromatic heterocycles. The summed E-state index contributed by atoms with van der Waals surface area (Å²) in [4.78, 5) is 11.3. The summed E-state index contributed by atoms with van der Waals surface area (Å²) in [6.45, 7) is 2.19. The Bertz CT molecular complexity index is 137. The third-order valence-corrected chi connectivity index (χ3v) is 2.93. The lowest BCUT2D eigenvalue weighted by atomic mass is 10.1. The van der Waals surface area contributed by atoms with E-state index in [1.807, 2.05) is 0 Å². The second-order valence-electron chi connectivity index (χ2n) is 3.21. The van der Waals surface area contributed by atoms with E-state index in [9.17, 15) is 4.79 Å². The lowest BCUT2D eigenvalue weighted by molar-refractivity contribution is -0.140. The Kier molecular flexibility index (Phi) is 8.51. The van der Waals surface area contributed by atoms with Crippen molar-refractivity contribution in [3.63, 3.8) is 0 Å². The van der Waals surface area contributed by atoms with E-state index in [1.54, 1.807) is 0 Å². The summed E-state index contributed by atoms with van der Waals surface area (Å²) in [5.74, 6) is -0.111. The van der Waals surface area contributed by atoms with Gasteiger partial charge in [-0.25, -0.2) is 0 Å². The number of unbranched alkanes of at least 4 members (excludes halogenated alkanes) is 2. The first kappa shape index (κ1) is 12.9. The average molecular weight is 251 g/mol. The normalized spacial score (nSPS) is 12.5. The first-order valence-corrected chi connectivity index (χ1v) is 5.83. The molecule has 1 atom stereocenters. The molecular weight excluding hydrogens is 232 g/mol. The van der Waals surface area contributed by atoms with Gasteiger partial charge < -0.3 is 4.74 Å². The highest BCUT2D eigenvalue weighted by atomic mass is 79.9. The van der Waals surface area contributed by atoms with E-state index in [0.29, 0.717) is 11.2 Å². The van der Waals surface area contributed by atoms with Gasteiger partial charge in [-0.2, -0.15) is 0 Å². The summed E-state index contributed by atoms with van der Waals surface area (Å²) in [5, 5.41) is 0. The highest BCUT2D eigenvalue weighted by Gasteiger charge is 2.07. The number of carbonyl (C=O) groups is 1. The van der Waals surface area contributed by atoms with Crippen molar-refractivity contribution in [3.8, 4) is 0 Å². The minimum absolute atomic E-state index is 0.111. The Morgan fingerprint density at radius 2 is 2.08 bits per heavy atom. The Balaban J connectivity index is 3.29. The van der Waals surface area contributed by atoms with Crippen molar-refractivity contribution >= 4 is 21.9 Å². The maximum atomic E-state index is 10.8. The summed E-state index contributed by atoms with van der Waals surface area (Å²) < 4.78 is 4.57. The van der Waals surface area contributed by atoms with Crippen LogP contribution < -0.4 is 0 Å². The molecule has 2 nitrogen and oxygen atoms in total. The standard InChI is InChI=1S/C10H19BrO2/c1-3-4-5-6-9(11)7-8-10(12)13-2/h9H,3-8H2,1-2H3. The van der Waals surface area contributed by atoms with Crippen molar-refractivity contribution in [1.29, 1.82) is 0 Å². The van der Waals surface area contributed by atoms with Crippen molar-refractivity contribution in [2.45, 2.75) is 50.3 Å². The Hall–Kier alpha value is -0.0500. The molecule has 0 heterocycles. The zero-order chi connectivity index (χ0) is 10.1. The van der Waals surface area contributed by atoms with Crippen LogP contribution in [0.3, 0.4) is 0 Å². The molecule has 0 spiro atoms. The van der Waals surface area contributed by atoms with Gasteiger partial charge in [0.25, 0.3) is 0 Å². The molecule has 1 unspecified atom stereocenters. The predicted molar refractivity (Wildman–Crippen MR) is 58.1 cm³/mol. The summed E-state index contributed by atoms with van der Waals surface area (Å²) in [5.41, 5.74) is 0. The molecular formula is C10H19BrO2. The number of ether oxygens (including phenoxy) is 1. The third kappa shape index (κ3) is 8.28. The summed E-state index contributed by atoms with van der Waals surface area (Å²) in [7, 11) is 1.43. The first-order chi connectivity index (χ1) is 6.20. The van der Waals surface area contributed by atoms with Gasteiger partial charge in [-0.1, -0.05) is 42.1 Å². The molecule has 3 heteroatoms. The first-order valence-electron chi connectivity index (χ1n) is 4.91. The van der Waals surface area contributed by atoms with Crippen LogP contribution in [0.1, 0.15) is 45.4 Å². The van der Waals surface area contributed by atoms with Crippen LogP contribution in [0, 0.1) is 0 Å². The van der Waals surface area contributed by atoms with Crippen molar-refractivity contribution in [1.82, 2.24) is 0 Å². The fourth-order valence-electron chi connectivity index (χ4n) is 1.14. The van der Waals surface area contributed by atoms with Gasteiger partial charge in [-0.05, 0) is 12.8 Å². The molecule has 0 aliphatic rings. The van der Waals surface area contributed by atoms with Gasteiger partial charge in [-0.15, -0.1) is 0 Å². The fourth-order valence-corrected chi connectivity index (χ4v) is 1.69. The number of methoxy groups -OCH3 is 1. The molecule has 0 saturated carbocycles. The van der Waals surface area contributed by atoms with Crippen molar-refractivity contribution in [2.75, 3.05) is 7.11 Å². The second kappa shape index (κ2) is 8.54. The molecule has 0 aliphatic carbocycles. The van der Waals surface area contributed by atoms with Crippen molar-refractivity contribution < 1.29 is 9.53 Å². The van der Waals surface area contributed by atoms with Gasteiger partial charge in [0.2, 0.25) is 0 Å². The van der Waals surface area contributed by atoms with Crippen LogP contribution in [0.15, 0.2) is 0 Å². The molecule has 0 aromatic rings. The van der Waals surface area contributed by atoms with Gasteiger partial charge in [-0.3, -0.25) is 4.79 Å². The highest BCUT2D eigenvalue weighted by Crippen LogP contribution is 2.16. The molecule has 0 aromatic carbocycles. The van der Waals surface area contributed by atoms with Gasteiger partial charge in [0.05, 0.1) is 7.11 Å². The van der Waals surface area contributed by atoms with Crippen LogP contribution >= 0.6 is 15.9 Å². The lowest BCUT2D eigenvalue weighted by Gasteiger charge is -2.07. The van der Waals surface area contributed by atoms with Gasteiger partial charge in [0.15, 0.2) is 0 Å². The molecule has 0 amide bonds. The van der Waals surface area contributed by atoms with Crippen LogP contribution in [-0.4, -0.2) is 17.9 Å². The van der Waals surface area contributed by atoms with Crippen LogP contribution in [0.5, 0.6) is 0 Å². The second-order valence-corrected chi connectivity index (χ2v) is 4.50. The van der Waals surface area contributed by atoms with E-state index in [-0.39, 0.29) is 5.97 Å². The Labute approximate surface area is 89.2 Å². The number of hydrogen-bond acceptors (Lipinski definition) is 2. The summed E-state index contributed by atoms with van der Waals surface area (Å²) in [6, 6.07) is 0. The summed E-state index contributed by atoms with van der Waals surface area (Å²) >= 11 is 3.56. The maximum Gasteiger partial charge on any atom is 0.305 e. The topological polar surface area (TPSA) is 26.3 Å². The Morgan fingerprint density at radius 1 is 1.38 bits per heavy atom. The third-order valence-electron chi connectivity index (χ3n) is 2.01. The van der Waals surface area contributed by atoms with Crippen LogP contribution in [-0.2, 0) is 9.53 Å². The number of halogens is 1. The average Bonchev–Trinajstić information content (AvgIpc) is 2.14. The van der Waals surface area contributed by atoms with E-state index in [4.69, 9.17) is 0 Å². The molecule has 0 aliphatic heterocycles. The SMILES string of the molecule is CCCCCC(Br)CCC(=O)OC. The minimum atomic E-state index is -0.111. The molecule has 78 valence electrons. The zero-order valence-electron chi connectivity index (χ0n) is 8.51. The van der Waals surface area contributed by atoms with Gasteiger partial charge in [0, 0.05) is 11.2 Å². The molecule has 0 N–H and O–H groups in total. The number of alkyl halides is 1. The largest absolute Gasteiger partial charge is 0.469 e. The van der Waals surface area contributed by atoms with Gasteiger partial charge in [0.1, 0.15) is 0 Å². The molecule has 0 saturated heterocycles. The van der Waals surface area contributed by atoms with Crippen LogP contribution in [0.25, 0.3) is 0 Å². The van der Waals surface area contributed by atoms with E-state index in [2.05, 4.69) is 27.6 Å². The van der Waals surface area contributed by atoms with Gasteiger partial charge >= 0.3 is 5.97 Å². The molecule has 0 radical (unpaired) electrons. The molecule has 0 bridgehead atoms. The Morgan fingerprint density at radius 3 is 2.62 bits per heavy atom.